The predicted octanol–water partition coefficient (Wildman–Crippen LogP) is 13.7. The van der Waals surface area contributed by atoms with Gasteiger partial charge in [-0.2, -0.15) is 0 Å². The first-order valence-corrected chi connectivity index (χ1v) is 16.6. The van der Waals surface area contributed by atoms with Gasteiger partial charge in [0.2, 0.25) is 0 Å². The number of fused-ring (bicyclic) bond motifs is 4. The van der Waals surface area contributed by atoms with Gasteiger partial charge in [-0.25, -0.2) is 0 Å². The molecule has 0 bridgehead atoms. The number of hydrogen-bond acceptors (Lipinski definition) is 0. The maximum absolute atomic E-state index is 4.06. The molecule has 0 amide bonds. The quantitative estimate of drug-likeness (QED) is 0.126. The number of unbranched alkanes of at least 4 members (excludes halogenated alkanes) is 1. The zero-order valence-corrected chi connectivity index (χ0v) is 26.7. The van der Waals surface area contributed by atoms with Crippen molar-refractivity contribution < 1.29 is 0 Å². The van der Waals surface area contributed by atoms with Gasteiger partial charge in [0.05, 0.1) is 0 Å². The fourth-order valence-corrected chi connectivity index (χ4v) is 7.17. The van der Waals surface area contributed by atoms with Crippen molar-refractivity contribution in [2.24, 2.45) is 0 Å². The Morgan fingerprint density at radius 2 is 0.957 bits per heavy atom. The monoisotopic (exact) mass is 600 g/mol. The fraction of sp³-hybridized carbons (Fsp3) is 0.0638. The summed E-state index contributed by atoms with van der Waals surface area (Å²) in [5.74, 6) is 0. The molecule has 0 saturated heterocycles. The lowest BCUT2D eigenvalue weighted by Crippen LogP contribution is -1.91. The van der Waals surface area contributed by atoms with Crippen molar-refractivity contribution in [3.8, 4) is 33.4 Å². The third-order valence-corrected chi connectivity index (χ3v) is 9.50. The number of rotatable bonds is 7. The van der Waals surface area contributed by atoms with Crippen LogP contribution in [0.3, 0.4) is 0 Å². The maximum Gasteiger partial charge on any atom is -0.00262 e. The topological polar surface area (TPSA) is 0 Å². The van der Waals surface area contributed by atoms with Gasteiger partial charge in [-0.05, 0) is 118 Å². The van der Waals surface area contributed by atoms with E-state index in [4.69, 9.17) is 0 Å². The van der Waals surface area contributed by atoms with Crippen LogP contribution in [0.2, 0.25) is 0 Å². The zero-order chi connectivity index (χ0) is 31.7. The maximum atomic E-state index is 4.06. The molecule has 0 aliphatic heterocycles. The Morgan fingerprint density at radius 3 is 1.64 bits per heavy atom. The van der Waals surface area contributed by atoms with E-state index in [0.29, 0.717) is 0 Å². The van der Waals surface area contributed by atoms with Gasteiger partial charge in [0.15, 0.2) is 0 Å². The van der Waals surface area contributed by atoms with E-state index < -0.39 is 0 Å². The first-order chi connectivity index (χ1) is 23.2. The lowest BCUT2D eigenvalue weighted by molar-refractivity contribution is 0.960. The molecule has 47 heavy (non-hydrogen) atoms. The van der Waals surface area contributed by atoms with E-state index in [1.165, 1.54) is 87.6 Å². The SMILES string of the molecule is C=C/C(=C\CCC)c1ccc2cc(-c3cccc(-c4c5ccccc5c(-c5ccc6ccccc6c5)c5ccccc45)c3)ccc2c1. The summed E-state index contributed by atoms with van der Waals surface area (Å²) in [4.78, 5) is 0. The Morgan fingerprint density at radius 1 is 0.468 bits per heavy atom. The highest BCUT2D eigenvalue weighted by molar-refractivity contribution is 6.21. The average molecular weight is 601 g/mol. The lowest BCUT2D eigenvalue weighted by atomic mass is 9.85. The molecule has 8 aromatic rings. The van der Waals surface area contributed by atoms with Gasteiger partial charge in [-0.15, -0.1) is 0 Å². The average Bonchev–Trinajstić information content (AvgIpc) is 3.13. The summed E-state index contributed by atoms with van der Waals surface area (Å²) in [6.45, 7) is 6.27. The molecule has 0 saturated carbocycles. The second kappa shape index (κ2) is 12.2. The van der Waals surface area contributed by atoms with Gasteiger partial charge in [-0.3, -0.25) is 0 Å². The highest BCUT2D eigenvalue weighted by atomic mass is 14.2. The van der Waals surface area contributed by atoms with Crippen LogP contribution in [0.25, 0.3) is 82.0 Å². The molecule has 0 heterocycles. The molecule has 0 radical (unpaired) electrons. The van der Waals surface area contributed by atoms with Crippen LogP contribution >= 0.6 is 0 Å². The van der Waals surface area contributed by atoms with Crippen LogP contribution in [-0.2, 0) is 0 Å². The van der Waals surface area contributed by atoms with Gasteiger partial charge >= 0.3 is 0 Å². The van der Waals surface area contributed by atoms with Crippen LogP contribution in [0, 0.1) is 0 Å². The minimum atomic E-state index is 1.06. The smallest absolute Gasteiger partial charge is 0.00262 e. The molecular formula is C47H36. The number of benzene rings is 8. The van der Waals surface area contributed by atoms with Crippen molar-refractivity contribution in [3.63, 3.8) is 0 Å². The predicted molar refractivity (Wildman–Crippen MR) is 206 cm³/mol. The Hall–Kier alpha value is -5.72. The third-order valence-electron chi connectivity index (χ3n) is 9.50. The van der Waals surface area contributed by atoms with E-state index in [0.717, 1.165) is 12.8 Å². The summed E-state index contributed by atoms with van der Waals surface area (Å²) in [5, 5.41) is 10.1. The highest BCUT2D eigenvalue weighted by Gasteiger charge is 2.17. The number of allylic oxidation sites excluding steroid dienone is 3. The number of hydrogen-bond donors (Lipinski definition) is 0. The summed E-state index contributed by atoms with van der Waals surface area (Å²) in [6, 6.07) is 55.9. The van der Waals surface area contributed by atoms with Crippen LogP contribution < -0.4 is 0 Å². The first kappa shape index (κ1) is 28.7. The minimum Gasteiger partial charge on any atom is -0.0985 e. The molecule has 0 unspecified atom stereocenters. The molecule has 0 aliphatic carbocycles. The Labute approximate surface area is 277 Å². The summed E-state index contributed by atoms with van der Waals surface area (Å²) < 4.78 is 0. The van der Waals surface area contributed by atoms with Crippen molar-refractivity contribution in [3.05, 3.63) is 176 Å². The molecule has 8 rings (SSSR count). The first-order valence-electron chi connectivity index (χ1n) is 16.6. The standard InChI is InChI=1S/C47H36/c1-3-5-13-32(4-2)36-23-24-39-29-37(25-26-38(39)28-36)35-16-12-17-40(31-35)46-42-18-8-10-20-44(42)47(45-21-11-9-19-43(45)46)41-27-22-33-14-6-7-15-34(33)30-41/h4,6-31H,2-3,5H2,1H3/b32-13+. The van der Waals surface area contributed by atoms with E-state index in [2.05, 4.69) is 171 Å². The molecule has 224 valence electrons. The van der Waals surface area contributed by atoms with Crippen LogP contribution in [-0.4, -0.2) is 0 Å². The van der Waals surface area contributed by atoms with Crippen LogP contribution in [0.5, 0.6) is 0 Å². The second-order valence-electron chi connectivity index (χ2n) is 12.4. The summed E-state index contributed by atoms with van der Waals surface area (Å²) in [5.41, 5.74) is 9.92. The normalized spacial score (nSPS) is 11.9. The molecule has 0 aromatic heterocycles. The Kier molecular flexibility index (Phi) is 7.48. The van der Waals surface area contributed by atoms with Crippen molar-refractivity contribution in [1.29, 1.82) is 0 Å². The summed E-state index contributed by atoms with van der Waals surface area (Å²) in [6.07, 6.45) is 6.45. The van der Waals surface area contributed by atoms with E-state index in [1.807, 2.05) is 6.08 Å². The molecule has 8 aromatic carbocycles. The van der Waals surface area contributed by atoms with Crippen LogP contribution in [0.1, 0.15) is 25.3 Å². The van der Waals surface area contributed by atoms with Crippen molar-refractivity contribution in [2.45, 2.75) is 19.8 Å². The Balaban J connectivity index is 1.27. The summed E-state index contributed by atoms with van der Waals surface area (Å²) in [7, 11) is 0. The third kappa shape index (κ3) is 5.23. The van der Waals surface area contributed by atoms with E-state index in [-0.39, 0.29) is 0 Å². The van der Waals surface area contributed by atoms with E-state index >= 15 is 0 Å². The molecule has 0 N–H and O–H groups in total. The van der Waals surface area contributed by atoms with E-state index in [9.17, 15) is 0 Å². The minimum absolute atomic E-state index is 1.06. The molecular weight excluding hydrogens is 565 g/mol. The fourth-order valence-electron chi connectivity index (χ4n) is 7.17. The van der Waals surface area contributed by atoms with Crippen molar-refractivity contribution in [1.82, 2.24) is 0 Å². The van der Waals surface area contributed by atoms with Crippen molar-refractivity contribution >= 4 is 48.7 Å². The van der Waals surface area contributed by atoms with Gasteiger partial charge in [0.25, 0.3) is 0 Å². The van der Waals surface area contributed by atoms with Crippen molar-refractivity contribution in [2.75, 3.05) is 0 Å². The lowest BCUT2D eigenvalue weighted by Gasteiger charge is -2.18. The molecule has 0 nitrogen and oxygen atoms in total. The highest BCUT2D eigenvalue weighted by Crippen LogP contribution is 2.44. The van der Waals surface area contributed by atoms with Crippen LogP contribution in [0.4, 0.5) is 0 Å². The second-order valence-corrected chi connectivity index (χ2v) is 12.4. The van der Waals surface area contributed by atoms with Gasteiger partial charge in [0.1, 0.15) is 0 Å². The Bertz CT molecular complexity index is 2430. The molecule has 0 fully saturated rings. The molecule has 0 spiro atoms. The largest absolute Gasteiger partial charge is 0.0985 e. The van der Waals surface area contributed by atoms with E-state index in [1.54, 1.807) is 0 Å². The van der Waals surface area contributed by atoms with Gasteiger partial charge in [-0.1, -0.05) is 159 Å². The zero-order valence-electron chi connectivity index (χ0n) is 26.7. The van der Waals surface area contributed by atoms with Crippen LogP contribution in [0.15, 0.2) is 170 Å². The summed E-state index contributed by atoms with van der Waals surface area (Å²) >= 11 is 0. The molecule has 0 atom stereocenters. The van der Waals surface area contributed by atoms with Gasteiger partial charge < -0.3 is 0 Å². The van der Waals surface area contributed by atoms with Gasteiger partial charge in [0, 0.05) is 0 Å². The molecule has 0 heteroatoms. The molecule has 0 aliphatic rings.